The minimum atomic E-state index is -3.05. The molecule has 1 fully saturated rings. The van der Waals surface area contributed by atoms with Crippen LogP contribution in [0, 0.1) is 0 Å². The van der Waals surface area contributed by atoms with Crippen LogP contribution in [0.3, 0.4) is 0 Å². The molecule has 0 saturated heterocycles. The second kappa shape index (κ2) is 3.66. The van der Waals surface area contributed by atoms with Gasteiger partial charge in [0.15, 0.2) is 9.84 Å². The minimum Gasteiger partial charge on any atom is -0.223 e. The summed E-state index contributed by atoms with van der Waals surface area (Å²) in [5.41, 5.74) is 0. The van der Waals surface area contributed by atoms with E-state index in [1.807, 2.05) is 6.07 Å². The molecule has 0 atom stereocenters. The van der Waals surface area contributed by atoms with E-state index in [-0.39, 0.29) is 5.25 Å². The maximum absolute atomic E-state index is 11.9. The zero-order chi connectivity index (χ0) is 10.2. The van der Waals surface area contributed by atoms with Gasteiger partial charge in [0.25, 0.3) is 0 Å². The topological polar surface area (TPSA) is 34.1 Å². The van der Waals surface area contributed by atoms with Gasteiger partial charge >= 0.3 is 0 Å². The summed E-state index contributed by atoms with van der Waals surface area (Å²) in [7, 11) is -3.05. The molecule has 0 bridgehead atoms. The zero-order valence-electron chi connectivity index (χ0n) is 7.61. The van der Waals surface area contributed by atoms with Gasteiger partial charge in [0, 0.05) is 4.47 Å². The molecule has 0 radical (unpaired) electrons. The number of rotatable bonds is 2. The van der Waals surface area contributed by atoms with Crippen LogP contribution in [0.4, 0.5) is 0 Å². The molecule has 1 aliphatic carbocycles. The predicted molar refractivity (Wildman–Crippen MR) is 59.0 cm³/mol. The second-order valence-corrected chi connectivity index (χ2v) is 6.70. The van der Waals surface area contributed by atoms with Crippen LogP contribution in [0.25, 0.3) is 0 Å². The Bertz CT molecular complexity index is 435. The Hall–Kier alpha value is -0.350. The highest BCUT2D eigenvalue weighted by Gasteiger charge is 2.32. The molecular weight excluding hydrogens is 264 g/mol. The summed E-state index contributed by atoms with van der Waals surface area (Å²) in [5.74, 6) is 0. The fourth-order valence-electron chi connectivity index (χ4n) is 1.52. The lowest BCUT2D eigenvalue weighted by Gasteiger charge is -2.25. The summed E-state index contributed by atoms with van der Waals surface area (Å²) in [5, 5.41) is -0.142. The molecule has 0 N–H and O–H groups in total. The Morgan fingerprint density at radius 1 is 1.29 bits per heavy atom. The Balaban J connectivity index is 2.38. The van der Waals surface area contributed by atoms with Gasteiger partial charge in [-0.3, -0.25) is 0 Å². The zero-order valence-corrected chi connectivity index (χ0v) is 10.0. The van der Waals surface area contributed by atoms with Gasteiger partial charge < -0.3 is 0 Å². The van der Waals surface area contributed by atoms with Gasteiger partial charge in [0.1, 0.15) is 0 Å². The van der Waals surface area contributed by atoms with E-state index in [0.717, 1.165) is 23.7 Å². The summed E-state index contributed by atoms with van der Waals surface area (Å²) in [6, 6.07) is 6.93. The Kier molecular flexibility index (Phi) is 2.66. The molecule has 0 amide bonds. The lowest BCUT2D eigenvalue weighted by atomic mass is 10.00. The van der Waals surface area contributed by atoms with Crippen molar-refractivity contribution in [3.8, 4) is 0 Å². The van der Waals surface area contributed by atoms with Crippen molar-refractivity contribution in [3.05, 3.63) is 28.7 Å². The van der Waals surface area contributed by atoms with E-state index in [2.05, 4.69) is 15.9 Å². The highest BCUT2D eigenvalue weighted by atomic mass is 79.9. The SMILES string of the molecule is O=S(=O)(c1cccc(Br)c1)C1CCC1. The molecule has 1 aromatic rings. The van der Waals surface area contributed by atoms with Crippen molar-refractivity contribution in [3.63, 3.8) is 0 Å². The van der Waals surface area contributed by atoms with Gasteiger partial charge in [-0.2, -0.15) is 0 Å². The summed E-state index contributed by atoms with van der Waals surface area (Å²) in [4.78, 5) is 0.441. The molecular formula is C10H11BrO2S. The van der Waals surface area contributed by atoms with E-state index in [0.29, 0.717) is 4.90 Å². The van der Waals surface area contributed by atoms with Crippen molar-refractivity contribution < 1.29 is 8.42 Å². The van der Waals surface area contributed by atoms with Crippen molar-refractivity contribution in [2.24, 2.45) is 0 Å². The highest BCUT2D eigenvalue weighted by Crippen LogP contribution is 2.31. The summed E-state index contributed by atoms with van der Waals surface area (Å²) < 4.78 is 24.7. The Labute approximate surface area is 92.4 Å². The molecule has 2 rings (SSSR count). The number of sulfone groups is 1. The van der Waals surface area contributed by atoms with Gasteiger partial charge in [-0.1, -0.05) is 28.4 Å². The molecule has 0 heterocycles. The normalized spacial score (nSPS) is 17.8. The molecule has 1 saturated carbocycles. The highest BCUT2D eigenvalue weighted by molar-refractivity contribution is 9.10. The van der Waals surface area contributed by atoms with Crippen molar-refractivity contribution in [1.29, 1.82) is 0 Å². The first-order chi connectivity index (χ1) is 6.60. The minimum absolute atomic E-state index is 0.142. The van der Waals surface area contributed by atoms with E-state index >= 15 is 0 Å². The van der Waals surface area contributed by atoms with Gasteiger partial charge in [-0.15, -0.1) is 0 Å². The first-order valence-electron chi connectivity index (χ1n) is 4.60. The van der Waals surface area contributed by atoms with Crippen LogP contribution >= 0.6 is 15.9 Å². The van der Waals surface area contributed by atoms with Crippen LogP contribution in [0.15, 0.2) is 33.6 Å². The fourth-order valence-corrected chi connectivity index (χ4v) is 3.97. The van der Waals surface area contributed by atoms with Crippen LogP contribution in [-0.4, -0.2) is 13.7 Å². The number of hydrogen-bond acceptors (Lipinski definition) is 2. The smallest absolute Gasteiger partial charge is 0.181 e. The number of benzene rings is 1. The van der Waals surface area contributed by atoms with Crippen molar-refractivity contribution in [2.45, 2.75) is 29.4 Å². The third-order valence-electron chi connectivity index (χ3n) is 2.62. The molecule has 14 heavy (non-hydrogen) atoms. The fraction of sp³-hybridized carbons (Fsp3) is 0.400. The van der Waals surface area contributed by atoms with Crippen LogP contribution in [0.2, 0.25) is 0 Å². The largest absolute Gasteiger partial charge is 0.223 e. The molecule has 0 spiro atoms. The van der Waals surface area contributed by atoms with Crippen LogP contribution < -0.4 is 0 Å². The first-order valence-corrected chi connectivity index (χ1v) is 6.94. The Morgan fingerprint density at radius 3 is 2.50 bits per heavy atom. The van der Waals surface area contributed by atoms with Crippen molar-refractivity contribution in [2.75, 3.05) is 0 Å². The van der Waals surface area contributed by atoms with Crippen LogP contribution in [0.1, 0.15) is 19.3 Å². The molecule has 1 aliphatic rings. The molecule has 1 aromatic carbocycles. The monoisotopic (exact) mass is 274 g/mol. The van der Waals surface area contributed by atoms with Crippen molar-refractivity contribution in [1.82, 2.24) is 0 Å². The third-order valence-corrected chi connectivity index (χ3v) is 5.37. The van der Waals surface area contributed by atoms with Gasteiger partial charge in [0.2, 0.25) is 0 Å². The van der Waals surface area contributed by atoms with Crippen LogP contribution in [0.5, 0.6) is 0 Å². The molecule has 4 heteroatoms. The molecule has 76 valence electrons. The number of halogens is 1. The average molecular weight is 275 g/mol. The Morgan fingerprint density at radius 2 is 2.00 bits per heavy atom. The molecule has 0 unspecified atom stereocenters. The quantitative estimate of drug-likeness (QED) is 0.831. The lowest BCUT2D eigenvalue weighted by Crippen LogP contribution is -2.28. The molecule has 0 aromatic heterocycles. The van der Waals surface area contributed by atoms with Gasteiger partial charge in [0.05, 0.1) is 10.1 Å². The van der Waals surface area contributed by atoms with Gasteiger partial charge in [-0.25, -0.2) is 8.42 Å². The van der Waals surface area contributed by atoms with Crippen molar-refractivity contribution >= 4 is 25.8 Å². The average Bonchev–Trinajstić information content (AvgIpc) is 2.00. The summed E-state index contributed by atoms with van der Waals surface area (Å²) in [6.45, 7) is 0. The van der Waals surface area contributed by atoms with E-state index in [4.69, 9.17) is 0 Å². The van der Waals surface area contributed by atoms with Gasteiger partial charge in [-0.05, 0) is 31.0 Å². The van der Waals surface area contributed by atoms with E-state index in [1.165, 1.54) is 0 Å². The molecule has 0 aliphatic heterocycles. The third kappa shape index (κ3) is 1.73. The maximum atomic E-state index is 11.9. The molecule has 2 nitrogen and oxygen atoms in total. The number of hydrogen-bond donors (Lipinski definition) is 0. The standard InChI is InChI=1S/C10H11BrO2S/c11-8-3-1-6-10(7-8)14(12,13)9-4-2-5-9/h1,3,6-7,9H,2,4-5H2. The lowest BCUT2D eigenvalue weighted by molar-refractivity contribution is 0.477. The van der Waals surface area contributed by atoms with E-state index in [1.54, 1.807) is 18.2 Å². The predicted octanol–water partition coefficient (Wildman–Crippen LogP) is 2.78. The first kappa shape index (κ1) is 10.2. The second-order valence-electron chi connectivity index (χ2n) is 3.56. The maximum Gasteiger partial charge on any atom is 0.181 e. The van der Waals surface area contributed by atoms with E-state index < -0.39 is 9.84 Å². The summed E-state index contributed by atoms with van der Waals surface area (Å²) in [6.07, 6.45) is 2.67. The summed E-state index contributed by atoms with van der Waals surface area (Å²) >= 11 is 3.28. The van der Waals surface area contributed by atoms with Crippen LogP contribution in [-0.2, 0) is 9.84 Å². The van der Waals surface area contributed by atoms with E-state index in [9.17, 15) is 8.42 Å².